The molecule has 1 N–H and O–H groups in total. The second-order valence-corrected chi connectivity index (χ2v) is 5.58. The van der Waals surface area contributed by atoms with E-state index < -0.39 is 6.29 Å². The van der Waals surface area contributed by atoms with Crippen molar-refractivity contribution in [2.24, 2.45) is 0 Å². The first-order valence-corrected chi connectivity index (χ1v) is 7.14. The van der Waals surface area contributed by atoms with E-state index in [0.29, 0.717) is 10.2 Å². The Kier molecular flexibility index (Phi) is 4.51. The summed E-state index contributed by atoms with van der Waals surface area (Å²) in [5.74, 6) is 0. The van der Waals surface area contributed by atoms with Gasteiger partial charge in [-0.15, -0.1) is 11.3 Å². The van der Waals surface area contributed by atoms with Crippen LogP contribution in [0.1, 0.15) is 11.8 Å². The van der Waals surface area contributed by atoms with Gasteiger partial charge in [0.1, 0.15) is 4.83 Å². The van der Waals surface area contributed by atoms with Gasteiger partial charge in [0.25, 0.3) is 5.56 Å². The fraction of sp³-hybridized carbons (Fsp3) is 0.500. The summed E-state index contributed by atoms with van der Waals surface area (Å²) in [7, 11) is 3.06. The van der Waals surface area contributed by atoms with Gasteiger partial charge in [0.2, 0.25) is 0 Å². The van der Waals surface area contributed by atoms with Crippen LogP contribution in [0.2, 0.25) is 0 Å². The summed E-state index contributed by atoms with van der Waals surface area (Å²) < 4.78 is 12.1. The van der Waals surface area contributed by atoms with Crippen molar-refractivity contribution in [3.63, 3.8) is 0 Å². The van der Waals surface area contributed by atoms with E-state index in [1.807, 2.05) is 6.07 Å². The molecule has 0 saturated carbocycles. The smallest absolute Gasteiger partial charge is 0.263 e. The number of aryl methyl sites for hydroxylation is 1. The Morgan fingerprint density at radius 2 is 2.16 bits per heavy atom. The van der Waals surface area contributed by atoms with Crippen molar-refractivity contribution in [3.05, 3.63) is 26.1 Å². The number of aromatic nitrogens is 2. The maximum atomic E-state index is 12.4. The summed E-state index contributed by atoms with van der Waals surface area (Å²) in [6.45, 7) is 2.33. The molecule has 0 amide bonds. The average molecular weight is 300 g/mol. The Balaban J connectivity index is 2.55. The molecule has 0 saturated heterocycles. The third-order valence-electron chi connectivity index (χ3n) is 2.93. The van der Waals surface area contributed by atoms with Gasteiger partial charge < -0.3 is 14.5 Å². The molecule has 0 unspecified atom stereocenters. The molecule has 5 nitrogen and oxygen atoms in total. The van der Waals surface area contributed by atoms with Crippen molar-refractivity contribution in [1.82, 2.24) is 9.55 Å². The van der Waals surface area contributed by atoms with Crippen LogP contribution in [0.15, 0.2) is 10.9 Å². The monoisotopic (exact) mass is 300 g/mol. The molecule has 0 fully saturated rings. The molecule has 0 aliphatic rings. The largest absolute Gasteiger partial charge is 0.354 e. The lowest BCUT2D eigenvalue weighted by atomic mass is 10.3. The van der Waals surface area contributed by atoms with Gasteiger partial charge in [-0.25, -0.2) is 0 Å². The van der Waals surface area contributed by atoms with Crippen molar-refractivity contribution >= 4 is 33.8 Å². The number of nitrogens with one attached hydrogen (secondary N) is 1. The molecular formula is C12H16N2O3S2. The van der Waals surface area contributed by atoms with E-state index >= 15 is 0 Å². The second-order valence-electron chi connectivity index (χ2n) is 4.06. The molecule has 19 heavy (non-hydrogen) atoms. The number of hydrogen-bond acceptors (Lipinski definition) is 5. The van der Waals surface area contributed by atoms with Crippen LogP contribution in [0.3, 0.4) is 0 Å². The summed E-state index contributed by atoms with van der Waals surface area (Å²) in [4.78, 5) is 17.5. The summed E-state index contributed by atoms with van der Waals surface area (Å²) >= 11 is 6.80. The van der Waals surface area contributed by atoms with Gasteiger partial charge in [0.15, 0.2) is 11.1 Å². The van der Waals surface area contributed by atoms with E-state index in [-0.39, 0.29) is 12.1 Å². The minimum atomic E-state index is -0.491. The molecule has 0 bridgehead atoms. The van der Waals surface area contributed by atoms with Crippen molar-refractivity contribution < 1.29 is 9.47 Å². The van der Waals surface area contributed by atoms with Crippen LogP contribution in [-0.2, 0) is 22.4 Å². The van der Waals surface area contributed by atoms with E-state index in [2.05, 4.69) is 11.9 Å². The summed E-state index contributed by atoms with van der Waals surface area (Å²) in [5, 5.41) is 0.668. The zero-order valence-corrected chi connectivity index (χ0v) is 12.7. The van der Waals surface area contributed by atoms with Crippen molar-refractivity contribution in [2.45, 2.75) is 26.2 Å². The van der Waals surface area contributed by atoms with E-state index in [1.54, 1.807) is 11.3 Å². The number of ether oxygens (including phenoxy) is 2. The van der Waals surface area contributed by atoms with Gasteiger partial charge in [0.05, 0.1) is 11.9 Å². The van der Waals surface area contributed by atoms with Crippen LogP contribution in [0.4, 0.5) is 0 Å². The first-order valence-electron chi connectivity index (χ1n) is 5.91. The lowest BCUT2D eigenvalue weighted by molar-refractivity contribution is -0.111. The first kappa shape index (κ1) is 14.4. The van der Waals surface area contributed by atoms with Crippen LogP contribution >= 0.6 is 23.6 Å². The minimum Gasteiger partial charge on any atom is -0.354 e. The third kappa shape index (κ3) is 2.79. The number of fused-ring (bicyclic) bond motifs is 1. The van der Waals surface area contributed by atoms with Gasteiger partial charge in [0, 0.05) is 19.1 Å². The van der Waals surface area contributed by atoms with Crippen molar-refractivity contribution in [3.8, 4) is 0 Å². The fourth-order valence-corrected chi connectivity index (χ4v) is 3.14. The predicted molar refractivity (Wildman–Crippen MR) is 78.5 cm³/mol. The van der Waals surface area contributed by atoms with E-state index in [1.165, 1.54) is 18.8 Å². The maximum absolute atomic E-state index is 12.4. The van der Waals surface area contributed by atoms with Gasteiger partial charge in [-0.05, 0) is 24.7 Å². The van der Waals surface area contributed by atoms with Gasteiger partial charge in [-0.2, -0.15) is 0 Å². The topological polar surface area (TPSA) is 56.2 Å². The van der Waals surface area contributed by atoms with Gasteiger partial charge >= 0.3 is 0 Å². The molecule has 2 aromatic heterocycles. The average Bonchev–Trinajstić information content (AvgIpc) is 2.82. The summed E-state index contributed by atoms with van der Waals surface area (Å²) in [6.07, 6.45) is 0.410. The maximum Gasteiger partial charge on any atom is 0.263 e. The molecule has 7 heteroatoms. The highest BCUT2D eigenvalue weighted by molar-refractivity contribution is 7.71. The molecule has 2 aromatic rings. The third-order valence-corrected chi connectivity index (χ3v) is 4.45. The number of aromatic amines is 1. The number of H-pyrrole nitrogens is 1. The lowest BCUT2D eigenvalue weighted by Crippen LogP contribution is -2.29. The molecule has 0 aromatic carbocycles. The molecule has 0 spiro atoms. The summed E-state index contributed by atoms with van der Waals surface area (Å²) in [5.41, 5.74) is -0.103. The van der Waals surface area contributed by atoms with Crippen LogP contribution in [-0.4, -0.2) is 30.1 Å². The quantitative estimate of drug-likeness (QED) is 0.680. The Labute approximate surface area is 119 Å². The van der Waals surface area contributed by atoms with Crippen LogP contribution in [0, 0.1) is 4.77 Å². The predicted octanol–water partition coefficient (Wildman–Crippen LogP) is 2.30. The Morgan fingerprint density at radius 3 is 2.74 bits per heavy atom. The van der Waals surface area contributed by atoms with E-state index in [9.17, 15) is 4.79 Å². The lowest BCUT2D eigenvalue weighted by Gasteiger charge is -2.14. The Bertz CT molecular complexity index is 682. The van der Waals surface area contributed by atoms with Gasteiger partial charge in [-0.1, -0.05) is 6.92 Å². The Morgan fingerprint density at radius 1 is 1.47 bits per heavy atom. The number of rotatable bonds is 5. The number of hydrogen-bond donors (Lipinski definition) is 1. The standard InChI is InChI=1S/C12H16N2O3S2/c1-4-7-5-8-10(19-7)13-12(18)14(11(8)15)6-9(16-2)17-3/h5,9H,4,6H2,1-3H3,(H,13,18). The van der Waals surface area contributed by atoms with Crippen molar-refractivity contribution in [1.29, 1.82) is 0 Å². The van der Waals surface area contributed by atoms with Gasteiger partial charge in [-0.3, -0.25) is 9.36 Å². The molecule has 2 rings (SSSR count). The molecule has 0 aliphatic heterocycles. The highest BCUT2D eigenvalue weighted by atomic mass is 32.1. The highest BCUT2D eigenvalue weighted by Crippen LogP contribution is 2.21. The van der Waals surface area contributed by atoms with Crippen LogP contribution in [0.25, 0.3) is 10.2 Å². The number of nitrogens with zero attached hydrogens (tertiary/aromatic N) is 1. The highest BCUT2D eigenvalue weighted by Gasteiger charge is 2.13. The zero-order valence-electron chi connectivity index (χ0n) is 11.1. The SMILES string of the molecule is CCc1cc2c(=O)n(CC(OC)OC)c(=S)[nH]c2s1. The second kappa shape index (κ2) is 5.96. The molecule has 104 valence electrons. The van der Waals surface area contributed by atoms with Crippen LogP contribution < -0.4 is 5.56 Å². The Hall–Kier alpha value is -1.02. The normalized spacial score (nSPS) is 11.6. The molecule has 0 aliphatic carbocycles. The number of thiophene rings is 1. The van der Waals surface area contributed by atoms with E-state index in [4.69, 9.17) is 21.7 Å². The van der Waals surface area contributed by atoms with Crippen molar-refractivity contribution in [2.75, 3.05) is 14.2 Å². The molecule has 0 radical (unpaired) electrons. The zero-order chi connectivity index (χ0) is 14.0. The minimum absolute atomic E-state index is 0.103. The molecular weight excluding hydrogens is 284 g/mol. The summed E-state index contributed by atoms with van der Waals surface area (Å²) in [6, 6.07) is 1.92. The van der Waals surface area contributed by atoms with Crippen LogP contribution in [0.5, 0.6) is 0 Å². The molecule has 0 atom stereocenters. The number of methoxy groups -OCH3 is 2. The molecule has 2 heterocycles. The first-order chi connectivity index (χ1) is 9.10. The fourth-order valence-electron chi connectivity index (χ4n) is 1.83. The van der Waals surface area contributed by atoms with E-state index in [0.717, 1.165) is 16.1 Å².